The number of carbonyl (C=O) groups is 2. The van der Waals surface area contributed by atoms with E-state index in [1.807, 2.05) is 0 Å². The number of aromatic nitrogens is 2. The Bertz CT molecular complexity index is 1260. The number of amides is 2. The van der Waals surface area contributed by atoms with Crippen LogP contribution in [-0.2, 0) is 15.3 Å². The number of halogens is 1. The number of thiocarbonyl (C=S) groups is 1. The number of carbonyl (C=O) groups excluding carboxylic acids is 2. The summed E-state index contributed by atoms with van der Waals surface area (Å²) >= 11 is 9.44. The van der Waals surface area contributed by atoms with E-state index in [-0.39, 0.29) is 24.1 Å². The summed E-state index contributed by atoms with van der Waals surface area (Å²) in [7, 11) is 0. The molecule has 0 unspecified atom stereocenters. The first kappa shape index (κ1) is 25.5. The van der Waals surface area contributed by atoms with Gasteiger partial charge >= 0.3 is 0 Å². The van der Waals surface area contributed by atoms with E-state index in [2.05, 4.69) is 46.7 Å². The van der Waals surface area contributed by atoms with Crippen LogP contribution >= 0.6 is 47.1 Å². The monoisotopic (exact) mass is 544 g/mol. The molecule has 0 bridgehead atoms. The van der Waals surface area contributed by atoms with Gasteiger partial charge in [-0.1, -0.05) is 89.0 Å². The molecular weight excluding hydrogens is 524 g/mol. The molecule has 2 heterocycles. The summed E-state index contributed by atoms with van der Waals surface area (Å²) in [6.07, 6.45) is 2.37. The Labute approximate surface area is 220 Å². The Morgan fingerprint density at radius 1 is 1.17 bits per heavy atom. The van der Waals surface area contributed by atoms with Crippen molar-refractivity contribution in [3.63, 3.8) is 0 Å². The number of hydrogen-bond donors (Lipinski definition) is 1. The van der Waals surface area contributed by atoms with Gasteiger partial charge in [-0.15, -0.1) is 10.2 Å². The molecule has 180 valence electrons. The third-order valence-electron chi connectivity index (χ3n) is 4.96. The molecule has 1 N–H and O–H groups in total. The molecule has 0 saturated carbocycles. The topological polar surface area (TPSA) is 75.2 Å². The highest BCUT2D eigenvalue weighted by Gasteiger charge is 2.31. The van der Waals surface area contributed by atoms with Gasteiger partial charge in [-0.2, -0.15) is 0 Å². The summed E-state index contributed by atoms with van der Waals surface area (Å²) in [5, 5.41) is 11.4. The fourth-order valence-corrected chi connectivity index (χ4v) is 6.16. The summed E-state index contributed by atoms with van der Waals surface area (Å²) in [6, 6.07) is 14.2. The standard InChI is InChI=1S/C24H21FN4O2S4/c1-15-4-6-17(7-5-15)14-33-23-28-27-22(35-23)26-20(30)3-2-12-29-21(31)19(34-24(29)32)13-16-8-10-18(25)11-9-16/h4-11,13H,2-3,12,14H2,1H3,(H,26,27,30)/b19-13-. The number of benzene rings is 2. The van der Waals surface area contributed by atoms with Gasteiger partial charge < -0.3 is 5.32 Å². The van der Waals surface area contributed by atoms with Crippen LogP contribution in [0.1, 0.15) is 29.5 Å². The van der Waals surface area contributed by atoms with Crippen LogP contribution in [0.15, 0.2) is 57.8 Å². The number of nitrogens with one attached hydrogen (secondary N) is 1. The molecule has 1 aromatic heterocycles. The Morgan fingerprint density at radius 2 is 1.91 bits per heavy atom. The Balaban J connectivity index is 1.22. The van der Waals surface area contributed by atoms with Crippen molar-refractivity contribution in [2.24, 2.45) is 0 Å². The zero-order chi connectivity index (χ0) is 24.8. The largest absolute Gasteiger partial charge is 0.301 e. The van der Waals surface area contributed by atoms with Gasteiger partial charge in [-0.3, -0.25) is 14.5 Å². The Hall–Kier alpha value is -2.60. The minimum Gasteiger partial charge on any atom is -0.301 e. The van der Waals surface area contributed by atoms with Crippen molar-refractivity contribution in [3.05, 3.63) is 75.9 Å². The lowest BCUT2D eigenvalue weighted by Gasteiger charge is -2.13. The lowest BCUT2D eigenvalue weighted by atomic mass is 10.2. The third-order valence-corrected chi connectivity index (χ3v) is 8.38. The predicted octanol–water partition coefficient (Wildman–Crippen LogP) is 5.90. The van der Waals surface area contributed by atoms with Crippen LogP contribution in [0.3, 0.4) is 0 Å². The minimum atomic E-state index is -0.335. The Kier molecular flexibility index (Phi) is 8.66. The van der Waals surface area contributed by atoms with Gasteiger partial charge in [0.25, 0.3) is 5.91 Å². The molecule has 1 fully saturated rings. The van der Waals surface area contributed by atoms with E-state index in [1.54, 1.807) is 30.0 Å². The lowest BCUT2D eigenvalue weighted by Crippen LogP contribution is -2.29. The van der Waals surface area contributed by atoms with Crippen LogP contribution in [0.2, 0.25) is 0 Å². The van der Waals surface area contributed by atoms with Gasteiger partial charge in [0, 0.05) is 18.7 Å². The quantitative estimate of drug-likeness (QED) is 0.156. The van der Waals surface area contributed by atoms with Crippen LogP contribution < -0.4 is 5.32 Å². The fraction of sp³-hybridized carbons (Fsp3) is 0.208. The second-order valence-electron chi connectivity index (χ2n) is 7.68. The van der Waals surface area contributed by atoms with Crippen molar-refractivity contribution >= 4 is 74.4 Å². The molecule has 0 atom stereocenters. The van der Waals surface area contributed by atoms with E-state index < -0.39 is 0 Å². The molecule has 1 saturated heterocycles. The first-order valence-corrected chi connectivity index (χ1v) is 13.7. The van der Waals surface area contributed by atoms with Crippen molar-refractivity contribution in [1.29, 1.82) is 0 Å². The minimum absolute atomic E-state index is 0.191. The van der Waals surface area contributed by atoms with Crippen molar-refractivity contribution in [2.75, 3.05) is 11.9 Å². The van der Waals surface area contributed by atoms with Crippen LogP contribution in [0, 0.1) is 12.7 Å². The molecule has 2 aromatic carbocycles. The molecule has 11 heteroatoms. The number of hydrogen-bond acceptors (Lipinski definition) is 8. The smallest absolute Gasteiger partial charge is 0.266 e. The van der Waals surface area contributed by atoms with Crippen LogP contribution in [0.5, 0.6) is 0 Å². The average Bonchev–Trinajstić information content (AvgIpc) is 3.39. The number of thioether (sulfide) groups is 2. The molecule has 3 aromatic rings. The normalized spacial score (nSPS) is 14.7. The van der Waals surface area contributed by atoms with E-state index in [0.717, 1.165) is 15.7 Å². The number of anilines is 1. The number of nitrogens with zero attached hydrogens (tertiary/aromatic N) is 3. The van der Waals surface area contributed by atoms with Gasteiger partial charge in [0.15, 0.2) is 4.34 Å². The number of aryl methyl sites for hydroxylation is 1. The van der Waals surface area contributed by atoms with Crippen LogP contribution in [0.4, 0.5) is 9.52 Å². The van der Waals surface area contributed by atoms with E-state index in [4.69, 9.17) is 12.2 Å². The molecule has 0 spiro atoms. The van der Waals surface area contributed by atoms with Crippen LogP contribution in [0.25, 0.3) is 6.08 Å². The maximum absolute atomic E-state index is 13.1. The molecule has 0 aliphatic carbocycles. The second-order valence-corrected chi connectivity index (χ2v) is 11.6. The molecule has 6 nitrogen and oxygen atoms in total. The summed E-state index contributed by atoms with van der Waals surface area (Å²) < 4.78 is 14.3. The molecule has 35 heavy (non-hydrogen) atoms. The maximum atomic E-state index is 13.1. The van der Waals surface area contributed by atoms with Crippen molar-refractivity contribution in [1.82, 2.24) is 15.1 Å². The highest BCUT2D eigenvalue weighted by Crippen LogP contribution is 2.33. The maximum Gasteiger partial charge on any atom is 0.266 e. The molecule has 0 radical (unpaired) electrons. The highest BCUT2D eigenvalue weighted by molar-refractivity contribution is 8.26. The van der Waals surface area contributed by atoms with Crippen molar-refractivity contribution < 1.29 is 14.0 Å². The van der Waals surface area contributed by atoms with Gasteiger partial charge in [0.2, 0.25) is 11.0 Å². The molecular formula is C24H21FN4O2S4. The molecule has 1 aliphatic rings. The zero-order valence-electron chi connectivity index (χ0n) is 18.7. The second kappa shape index (κ2) is 11.9. The van der Waals surface area contributed by atoms with E-state index in [0.29, 0.717) is 27.3 Å². The summed E-state index contributed by atoms with van der Waals surface area (Å²) in [6.45, 7) is 2.39. The van der Waals surface area contributed by atoms with Crippen molar-refractivity contribution in [3.8, 4) is 0 Å². The molecule has 1 aliphatic heterocycles. The zero-order valence-corrected chi connectivity index (χ0v) is 22.0. The number of rotatable bonds is 9. The average molecular weight is 545 g/mol. The summed E-state index contributed by atoms with van der Waals surface area (Å²) in [4.78, 5) is 27.0. The lowest BCUT2D eigenvalue weighted by molar-refractivity contribution is -0.122. The van der Waals surface area contributed by atoms with Crippen molar-refractivity contribution in [2.45, 2.75) is 29.9 Å². The van der Waals surface area contributed by atoms with E-state index in [1.165, 1.54) is 51.3 Å². The van der Waals surface area contributed by atoms with E-state index >= 15 is 0 Å². The van der Waals surface area contributed by atoms with Gasteiger partial charge in [0.05, 0.1) is 4.91 Å². The third kappa shape index (κ3) is 7.20. The van der Waals surface area contributed by atoms with E-state index in [9.17, 15) is 14.0 Å². The molecule has 4 rings (SSSR count). The molecule has 2 amide bonds. The van der Waals surface area contributed by atoms with Gasteiger partial charge in [-0.25, -0.2) is 4.39 Å². The van der Waals surface area contributed by atoms with Gasteiger partial charge in [0.1, 0.15) is 10.1 Å². The SMILES string of the molecule is Cc1ccc(CSc2nnc(NC(=O)CCCN3C(=O)/C(=C/c4ccc(F)cc4)SC3=S)s2)cc1. The summed E-state index contributed by atoms with van der Waals surface area (Å²) in [5.74, 6) is 0.0498. The first-order valence-electron chi connectivity index (χ1n) is 10.7. The Morgan fingerprint density at radius 3 is 2.66 bits per heavy atom. The summed E-state index contributed by atoms with van der Waals surface area (Å²) in [5.41, 5.74) is 3.14. The van der Waals surface area contributed by atoms with Gasteiger partial charge in [-0.05, 0) is 42.7 Å². The van der Waals surface area contributed by atoms with Crippen LogP contribution in [-0.4, -0.2) is 37.8 Å². The fourth-order valence-electron chi connectivity index (χ4n) is 3.13. The first-order chi connectivity index (χ1) is 16.9. The predicted molar refractivity (Wildman–Crippen MR) is 145 cm³/mol. The highest BCUT2D eigenvalue weighted by atomic mass is 32.2.